The van der Waals surface area contributed by atoms with Crippen LogP contribution >= 0.6 is 0 Å². The van der Waals surface area contributed by atoms with Gasteiger partial charge in [0.2, 0.25) is 11.8 Å². The molecule has 0 bridgehead atoms. The summed E-state index contributed by atoms with van der Waals surface area (Å²) in [6.07, 6.45) is 6.16. The summed E-state index contributed by atoms with van der Waals surface area (Å²) in [5.41, 5.74) is 1.29. The number of carbonyl (C=O) groups is 2. The van der Waals surface area contributed by atoms with E-state index in [1.54, 1.807) is 0 Å². The molecule has 1 aromatic rings. The molecule has 6 nitrogen and oxygen atoms in total. The molecule has 0 aliphatic carbocycles. The highest BCUT2D eigenvalue weighted by Gasteiger charge is 2.44. The molecule has 3 aliphatic heterocycles. The molecule has 3 heterocycles. The third kappa shape index (κ3) is 3.43. The second-order valence-corrected chi connectivity index (χ2v) is 7.78. The van der Waals surface area contributed by atoms with E-state index in [0.29, 0.717) is 6.54 Å². The van der Waals surface area contributed by atoms with Gasteiger partial charge < -0.3 is 15.5 Å². The molecule has 2 amide bonds. The summed E-state index contributed by atoms with van der Waals surface area (Å²) in [5, 5.41) is 6.51. The molecular formula is C20H28N4O2. The van der Waals surface area contributed by atoms with Crippen LogP contribution in [0, 0.1) is 0 Å². The summed E-state index contributed by atoms with van der Waals surface area (Å²) in [7, 11) is 0. The highest BCUT2D eigenvalue weighted by molar-refractivity contribution is 6.06. The van der Waals surface area contributed by atoms with Gasteiger partial charge in [-0.2, -0.15) is 0 Å². The monoisotopic (exact) mass is 356 g/mol. The predicted molar refractivity (Wildman–Crippen MR) is 102 cm³/mol. The number of benzene rings is 1. The minimum absolute atomic E-state index is 0.0506. The molecule has 4 rings (SSSR count). The Kier molecular flexibility index (Phi) is 4.85. The first-order chi connectivity index (χ1) is 12.7. The van der Waals surface area contributed by atoms with Crippen molar-refractivity contribution in [2.45, 2.75) is 44.1 Å². The molecule has 0 atom stereocenters. The molecule has 1 aromatic carbocycles. The summed E-state index contributed by atoms with van der Waals surface area (Å²) >= 11 is 0. The number of piperidine rings is 1. The number of rotatable bonds is 2. The van der Waals surface area contributed by atoms with Gasteiger partial charge in [-0.25, -0.2) is 0 Å². The van der Waals surface area contributed by atoms with Gasteiger partial charge in [0, 0.05) is 26.2 Å². The zero-order valence-electron chi connectivity index (χ0n) is 15.3. The molecule has 1 spiro atoms. The maximum absolute atomic E-state index is 12.7. The molecule has 26 heavy (non-hydrogen) atoms. The molecule has 3 aliphatic rings. The average Bonchev–Trinajstić information content (AvgIpc) is 2.94. The molecule has 140 valence electrons. The summed E-state index contributed by atoms with van der Waals surface area (Å²) in [6.45, 7) is 3.81. The van der Waals surface area contributed by atoms with E-state index >= 15 is 0 Å². The quantitative estimate of drug-likeness (QED) is 0.853. The van der Waals surface area contributed by atoms with Crippen molar-refractivity contribution in [2.75, 3.05) is 43.4 Å². The molecule has 0 saturated carbocycles. The van der Waals surface area contributed by atoms with Crippen LogP contribution in [0.5, 0.6) is 0 Å². The number of amides is 2. The number of nitrogens with one attached hydrogen (secondary N) is 2. The van der Waals surface area contributed by atoms with Gasteiger partial charge >= 0.3 is 0 Å². The minimum atomic E-state index is -0.545. The van der Waals surface area contributed by atoms with E-state index in [-0.39, 0.29) is 11.8 Å². The molecule has 2 fully saturated rings. The van der Waals surface area contributed by atoms with Crippen molar-refractivity contribution in [3.8, 4) is 0 Å². The van der Waals surface area contributed by atoms with Gasteiger partial charge in [-0.1, -0.05) is 25.0 Å². The number of nitrogens with zero attached hydrogens (tertiary/aromatic N) is 2. The zero-order valence-corrected chi connectivity index (χ0v) is 15.3. The van der Waals surface area contributed by atoms with Crippen molar-refractivity contribution in [3.05, 3.63) is 24.3 Å². The van der Waals surface area contributed by atoms with Crippen molar-refractivity contribution >= 4 is 23.2 Å². The fourth-order valence-corrected chi connectivity index (χ4v) is 4.31. The van der Waals surface area contributed by atoms with Crippen molar-refractivity contribution in [2.24, 2.45) is 0 Å². The summed E-state index contributed by atoms with van der Waals surface area (Å²) in [6, 6.07) is 7.83. The lowest BCUT2D eigenvalue weighted by Crippen LogP contribution is -2.59. The Labute approximate surface area is 154 Å². The van der Waals surface area contributed by atoms with Crippen LogP contribution in [0.4, 0.5) is 11.4 Å². The van der Waals surface area contributed by atoms with Crippen molar-refractivity contribution in [1.82, 2.24) is 9.80 Å². The number of para-hydroxylation sites is 2. The van der Waals surface area contributed by atoms with E-state index in [2.05, 4.69) is 15.5 Å². The van der Waals surface area contributed by atoms with Crippen molar-refractivity contribution in [1.29, 1.82) is 0 Å². The fraction of sp³-hybridized carbons (Fsp3) is 0.600. The number of anilines is 2. The Morgan fingerprint density at radius 2 is 1.62 bits per heavy atom. The first-order valence-corrected chi connectivity index (χ1v) is 9.85. The molecule has 6 heteroatoms. The third-order valence-electron chi connectivity index (χ3n) is 6.01. The lowest BCUT2D eigenvalue weighted by molar-refractivity contribution is -0.132. The highest BCUT2D eigenvalue weighted by Crippen LogP contribution is 2.36. The minimum Gasteiger partial charge on any atom is -0.369 e. The number of hydrogen-bond donors (Lipinski definition) is 2. The van der Waals surface area contributed by atoms with Crippen LogP contribution < -0.4 is 10.6 Å². The standard InChI is InChI=1S/C20H28N4O2/c25-18(24-11-5-1-2-6-12-24)15-23-13-9-20(10-14-23)19(26)21-16-7-3-4-8-17(16)22-20/h3-4,7-8,22H,1-2,5-6,9-15H2,(H,21,26). The maximum atomic E-state index is 12.7. The Hall–Kier alpha value is -2.08. The van der Waals surface area contributed by atoms with Crippen molar-refractivity contribution < 1.29 is 9.59 Å². The van der Waals surface area contributed by atoms with Gasteiger partial charge in [-0.15, -0.1) is 0 Å². The fourth-order valence-electron chi connectivity index (χ4n) is 4.31. The van der Waals surface area contributed by atoms with Crippen LogP contribution in [0.15, 0.2) is 24.3 Å². The molecule has 0 radical (unpaired) electrons. The van der Waals surface area contributed by atoms with Gasteiger partial charge in [0.15, 0.2) is 0 Å². The molecule has 0 aromatic heterocycles. The van der Waals surface area contributed by atoms with E-state index in [9.17, 15) is 9.59 Å². The van der Waals surface area contributed by atoms with Gasteiger partial charge in [0.05, 0.1) is 17.9 Å². The largest absolute Gasteiger partial charge is 0.369 e. The second-order valence-electron chi connectivity index (χ2n) is 7.78. The van der Waals surface area contributed by atoms with E-state index in [1.165, 1.54) is 12.8 Å². The Morgan fingerprint density at radius 3 is 2.31 bits per heavy atom. The molecule has 2 N–H and O–H groups in total. The maximum Gasteiger partial charge on any atom is 0.250 e. The summed E-state index contributed by atoms with van der Waals surface area (Å²) in [5.74, 6) is 0.295. The first kappa shape index (κ1) is 17.3. The van der Waals surface area contributed by atoms with Crippen LogP contribution in [0.3, 0.4) is 0 Å². The Balaban J connectivity index is 1.35. The van der Waals surface area contributed by atoms with E-state index in [4.69, 9.17) is 0 Å². The molecule has 2 saturated heterocycles. The summed E-state index contributed by atoms with van der Waals surface area (Å²) in [4.78, 5) is 29.5. The third-order valence-corrected chi connectivity index (χ3v) is 6.01. The van der Waals surface area contributed by atoms with Crippen LogP contribution in [-0.2, 0) is 9.59 Å². The van der Waals surface area contributed by atoms with Gasteiger partial charge in [-0.05, 0) is 37.8 Å². The first-order valence-electron chi connectivity index (χ1n) is 9.85. The number of hydrogen-bond acceptors (Lipinski definition) is 4. The lowest BCUT2D eigenvalue weighted by Gasteiger charge is -2.44. The van der Waals surface area contributed by atoms with Gasteiger partial charge in [-0.3, -0.25) is 14.5 Å². The SMILES string of the molecule is O=C(CN1CCC2(CC1)Nc1ccccc1NC2=O)N1CCCCCC1. The smallest absolute Gasteiger partial charge is 0.250 e. The van der Waals surface area contributed by atoms with E-state index in [0.717, 1.165) is 63.2 Å². The lowest BCUT2D eigenvalue weighted by atomic mass is 9.84. The van der Waals surface area contributed by atoms with Crippen LogP contribution in [0.25, 0.3) is 0 Å². The number of likely N-dealkylation sites (tertiary alicyclic amines) is 2. The van der Waals surface area contributed by atoms with Gasteiger partial charge in [0.25, 0.3) is 0 Å². The number of carbonyl (C=O) groups excluding carboxylic acids is 2. The van der Waals surface area contributed by atoms with E-state index in [1.807, 2.05) is 29.2 Å². The highest BCUT2D eigenvalue weighted by atomic mass is 16.2. The van der Waals surface area contributed by atoms with Crippen LogP contribution in [0.1, 0.15) is 38.5 Å². The van der Waals surface area contributed by atoms with Crippen LogP contribution in [0.2, 0.25) is 0 Å². The Morgan fingerprint density at radius 1 is 0.962 bits per heavy atom. The molecular weight excluding hydrogens is 328 g/mol. The predicted octanol–water partition coefficient (Wildman–Crippen LogP) is 2.29. The average molecular weight is 356 g/mol. The molecule has 0 unspecified atom stereocenters. The van der Waals surface area contributed by atoms with E-state index < -0.39 is 5.54 Å². The summed E-state index contributed by atoms with van der Waals surface area (Å²) < 4.78 is 0. The van der Waals surface area contributed by atoms with Crippen LogP contribution in [-0.4, -0.2) is 59.9 Å². The van der Waals surface area contributed by atoms with Crippen molar-refractivity contribution in [3.63, 3.8) is 0 Å². The zero-order chi connectivity index (χ0) is 18.0. The van der Waals surface area contributed by atoms with Gasteiger partial charge in [0.1, 0.15) is 5.54 Å². The normalized spacial score (nSPS) is 22.9. The Bertz CT molecular complexity index is 674. The second kappa shape index (κ2) is 7.27. The number of fused-ring (bicyclic) bond motifs is 1. The topological polar surface area (TPSA) is 64.7 Å².